The van der Waals surface area contributed by atoms with E-state index in [1.165, 1.54) is 44.5 Å². The Bertz CT molecular complexity index is 588. The van der Waals surface area contributed by atoms with Crippen LogP contribution in [0.15, 0.2) is 35.3 Å². The Morgan fingerprint density at radius 3 is 2.61 bits per heavy atom. The van der Waals surface area contributed by atoms with Gasteiger partial charge in [-0.25, -0.2) is 0 Å². The van der Waals surface area contributed by atoms with E-state index in [2.05, 4.69) is 69.3 Å². The summed E-state index contributed by atoms with van der Waals surface area (Å²) >= 11 is 0. The van der Waals surface area contributed by atoms with Gasteiger partial charge in [-0.1, -0.05) is 30.3 Å². The van der Waals surface area contributed by atoms with Crippen LogP contribution >= 0.6 is 24.0 Å². The third-order valence-electron chi connectivity index (χ3n) is 6.10. The normalized spacial score (nSPS) is 21.8. The molecule has 0 saturated carbocycles. The largest absolute Gasteiger partial charge is 0.355 e. The number of halogens is 1. The Morgan fingerprint density at radius 2 is 1.93 bits per heavy atom. The van der Waals surface area contributed by atoms with Crippen LogP contribution in [-0.2, 0) is 6.54 Å². The molecule has 158 valence electrons. The summed E-state index contributed by atoms with van der Waals surface area (Å²) in [7, 11) is 4.11. The Morgan fingerprint density at radius 1 is 1.21 bits per heavy atom. The molecule has 1 aromatic rings. The first-order valence-corrected chi connectivity index (χ1v) is 10.6. The molecule has 0 radical (unpaired) electrons. The van der Waals surface area contributed by atoms with Gasteiger partial charge in [-0.15, -0.1) is 24.0 Å². The van der Waals surface area contributed by atoms with Crippen molar-refractivity contribution in [1.82, 2.24) is 20.0 Å². The number of likely N-dealkylation sites (N-methyl/N-ethyl adjacent to an activating group) is 1. The highest BCUT2D eigenvalue weighted by atomic mass is 127. The second-order valence-electron chi connectivity index (χ2n) is 8.29. The van der Waals surface area contributed by atoms with Gasteiger partial charge in [-0.2, -0.15) is 0 Å². The predicted octanol–water partition coefficient (Wildman–Crippen LogP) is 3.12. The topological polar surface area (TPSA) is 34.1 Å². The molecule has 2 atom stereocenters. The molecule has 0 amide bonds. The fourth-order valence-electron chi connectivity index (χ4n) is 4.26. The average Bonchev–Trinajstić information content (AvgIpc) is 3.36. The first kappa shape index (κ1) is 23.4. The van der Waals surface area contributed by atoms with Gasteiger partial charge >= 0.3 is 0 Å². The molecule has 1 N–H and O–H groups in total. The third kappa shape index (κ3) is 6.88. The van der Waals surface area contributed by atoms with Gasteiger partial charge in [0.25, 0.3) is 0 Å². The number of hydrogen-bond donors (Lipinski definition) is 1. The molecule has 28 heavy (non-hydrogen) atoms. The zero-order chi connectivity index (χ0) is 19.1. The quantitative estimate of drug-likeness (QED) is 0.355. The van der Waals surface area contributed by atoms with Crippen LogP contribution in [0.3, 0.4) is 0 Å². The Labute approximate surface area is 188 Å². The van der Waals surface area contributed by atoms with E-state index in [1.807, 2.05) is 7.05 Å². The third-order valence-corrected chi connectivity index (χ3v) is 6.10. The summed E-state index contributed by atoms with van der Waals surface area (Å²) in [6, 6.07) is 11.1. The highest BCUT2D eigenvalue weighted by Crippen LogP contribution is 2.20. The highest BCUT2D eigenvalue weighted by molar-refractivity contribution is 14.0. The highest BCUT2D eigenvalue weighted by Gasteiger charge is 2.27. The van der Waals surface area contributed by atoms with Crippen molar-refractivity contribution in [3.63, 3.8) is 0 Å². The minimum absolute atomic E-state index is 0. The molecule has 6 heteroatoms. The van der Waals surface area contributed by atoms with Gasteiger partial charge in [-0.3, -0.25) is 9.89 Å². The smallest absolute Gasteiger partial charge is 0.193 e. The summed E-state index contributed by atoms with van der Waals surface area (Å²) in [4.78, 5) is 12.0. The average molecular weight is 499 g/mol. The maximum atomic E-state index is 4.55. The number of nitrogens with zero attached hydrogens (tertiary/aromatic N) is 4. The summed E-state index contributed by atoms with van der Waals surface area (Å²) in [5.41, 5.74) is 1.36. The van der Waals surface area contributed by atoms with Crippen LogP contribution in [0.5, 0.6) is 0 Å². The molecule has 2 unspecified atom stereocenters. The Kier molecular flexibility index (Phi) is 10.0. The van der Waals surface area contributed by atoms with Crippen molar-refractivity contribution in [3.8, 4) is 0 Å². The van der Waals surface area contributed by atoms with Gasteiger partial charge in [0.05, 0.1) is 0 Å². The molecule has 0 spiro atoms. The monoisotopic (exact) mass is 499 g/mol. The summed E-state index contributed by atoms with van der Waals surface area (Å²) in [6.45, 7) is 10.3. The van der Waals surface area contributed by atoms with E-state index in [0.29, 0.717) is 6.04 Å². The van der Waals surface area contributed by atoms with Crippen molar-refractivity contribution < 1.29 is 0 Å². The number of benzene rings is 1. The molecule has 3 rings (SSSR count). The molecule has 5 nitrogen and oxygen atoms in total. The van der Waals surface area contributed by atoms with E-state index in [1.54, 1.807) is 0 Å². The Hall–Kier alpha value is -0.860. The van der Waals surface area contributed by atoms with Gasteiger partial charge in [-0.05, 0) is 57.8 Å². The lowest BCUT2D eigenvalue weighted by Gasteiger charge is -2.28. The van der Waals surface area contributed by atoms with Crippen molar-refractivity contribution in [2.75, 3.05) is 53.4 Å². The molecule has 2 aliphatic rings. The van der Waals surface area contributed by atoms with Crippen LogP contribution < -0.4 is 5.32 Å². The minimum Gasteiger partial charge on any atom is -0.355 e. The number of aliphatic imine (C=N–C) groups is 1. The fourth-order valence-corrected chi connectivity index (χ4v) is 4.26. The van der Waals surface area contributed by atoms with Crippen molar-refractivity contribution >= 4 is 29.9 Å². The van der Waals surface area contributed by atoms with Gasteiger partial charge in [0.2, 0.25) is 0 Å². The predicted molar refractivity (Wildman–Crippen MR) is 130 cm³/mol. The fraction of sp³-hybridized carbons (Fsp3) is 0.682. The SMILES string of the molecule is CN=C(NCC(C)N(C)Cc1ccccc1)N1CCC(CN2CCCC2)C1.I. The van der Waals surface area contributed by atoms with Crippen LogP contribution in [0.25, 0.3) is 0 Å². The second kappa shape index (κ2) is 12.0. The van der Waals surface area contributed by atoms with Crippen LogP contribution in [0.2, 0.25) is 0 Å². The van der Waals surface area contributed by atoms with Gasteiger partial charge in [0.15, 0.2) is 5.96 Å². The van der Waals surface area contributed by atoms with Crippen molar-refractivity contribution in [2.45, 2.75) is 38.8 Å². The number of rotatable bonds is 7. The van der Waals surface area contributed by atoms with Gasteiger partial charge in [0.1, 0.15) is 0 Å². The molecular weight excluding hydrogens is 461 g/mol. The van der Waals surface area contributed by atoms with Crippen molar-refractivity contribution in [2.24, 2.45) is 10.9 Å². The molecule has 2 heterocycles. The summed E-state index contributed by atoms with van der Waals surface area (Å²) in [5.74, 6) is 1.86. The second-order valence-corrected chi connectivity index (χ2v) is 8.29. The summed E-state index contributed by atoms with van der Waals surface area (Å²) in [5, 5.41) is 3.61. The van der Waals surface area contributed by atoms with E-state index >= 15 is 0 Å². The number of nitrogens with one attached hydrogen (secondary N) is 1. The van der Waals surface area contributed by atoms with Crippen LogP contribution in [0.4, 0.5) is 0 Å². The molecule has 0 bridgehead atoms. The molecule has 0 aromatic heterocycles. The zero-order valence-electron chi connectivity index (χ0n) is 17.8. The van der Waals surface area contributed by atoms with Gasteiger partial charge < -0.3 is 15.1 Å². The number of likely N-dealkylation sites (tertiary alicyclic amines) is 2. The van der Waals surface area contributed by atoms with Crippen LogP contribution in [0.1, 0.15) is 31.7 Å². The summed E-state index contributed by atoms with van der Waals surface area (Å²) < 4.78 is 0. The van der Waals surface area contributed by atoms with Crippen LogP contribution in [0, 0.1) is 5.92 Å². The standard InChI is InChI=1S/C22H37N5.HI/c1-19(25(3)16-20-9-5-4-6-10-20)15-24-22(23-2)27-14-11-21(18-27)17-26-12-7-8-13-26;/h4-6,9-10,19,21H,7-8,11-18H2,1-3H3,(H,23,24);1H. The molecule has 2 saturated heterocycles. The first-order chi connectivity index (χ1) is 13.2. The maximum absolute atomic E-state index is 4.55. The lowest BCUT2D eigenvalue weighted by molar-refractivity contribution is 0.247. The summed E-state index contributed by atoms with van der Waals surface area (Å²) in [6.07, 6.45) is 4.06. The molecular formula is C22H38IN5. The number of guanidine groups is 1. The minimum atomic E-state index is 0. The van der Waals surface area contributed by atoms with E-state index in [0.717, 1.165) is 38.1 Å². The molecule has 2 fully saturated rings. The zero-order valence-corrected chi connectivity index (χ0v) is 20.1. The first-order valence-electron chi connectivity index (χ1n) is 10.6. The number of hydrogen-bond acceptors (Lipinski definition) is 3. The molecule has 2 aliphatic heterocycles. The van der Waals surface area contributed by atoms with Crippen molar-refractivity contribution in [1.29, 1.82) is 0 Å². The van der Waals surface area contributed by atoms with Crippen molar-refractivity contribution in [3.05, 3.63) is 35.9 Å². The van der Waals surface area contributed by atoms with E-state index in [-0.39, 0.29) is 24.0 Å². The molecule has 0 aliphatic carbocycles. The van der Waals surface area contributed by atoms with E-state index < -0.39 is 0 Å². The van der Waals surface area contributed by atoms with Gasteiger partial charge in [0, 0.05) is 45.8 Å². The lowest BCUT2D eigenvalue weighted by atomic mass is 10.1. The van der Waals surface area contributed by atoms with E-state index in [4.69, 9.17) is 0 Å². The lowest BCUT2D eigenvalue weighted by Crippen LogP contribution is -2.46. The molecule has 1 aromatic carbocycles. The Balaban J connectivity index is 0.00000280. The maximum Gasteiger partial charge on any atom is 0.193 e. The van der Waals surface area contributed by atoms with E-state index in [9.17, 15) is 0 Å². The van der Waals surface area contributed by atoms with Crippen LogP contribution in [-0.4, -0.2) is 80.1 Å².